The van der Waals surface area contributed by atoms with E-state index in [1.54, 1.807) is 0 Å². The lowest BCUT2D eigenvalue weighted by Crippen LogP contribution is -2.43. The lowest BCUT2D eigenvalue weighted by molar-refractivity contribution is 0.199. The maximum atomic E-state index is 3.75. The summed E-state index contributed by atoms with van der Waals surface area (Å²) in [6.45, 7) is 5.04. The van der Waals surface area contributed by atoms with Crippen LogP contribution in [0.4, 0.5) is 0 Å². The second-order valence-corrected chi connectivity index (χ2v) is 6.20. The van der Waals surface area contributed by atoms with Crippen LogP contribution in [0.25, 0.3) is 0 Å². The maximum Gasteiger partial charge on any atom is 0.00915 e. The Bertz CT molecular complexity index is 370. The van der Waals surface area contributed by atoms with Crippen LogP contribution in [0.2, 0.25) is 0 Å². The molecule has 1 aromatic carbocycles. The van der Waals surface area contributed by atoms with Gasteiger partial charge in [0.25, 0.3) is 0 Å². The summed E-state index contributed by atoms with van der Waals surface area (Å²) < 4.78 is 0. The van der Waals surface area contributed by atoms with Gasteiger partial charge in [-0.15, -0.1) is 12.4 Å². The number of nitrogens with one attached hydrogen (secondary N) is 1. The minimum absolute atomic E-state index is 0. The van der Waals surface area contributed by atoms with Gasteiger partial charge < -0.3 is 10.2 Å². The molecular weight excluding hydrogens is 268 g/mol. The zero-order chi connectivity index (χ0) is 12.9. The Balaban J connectivity index is 0.00000147. The highest BCUT2D eigenvalue weighted by Crippen LogP contribution is 2.28. The Morgan fingerprint density at radius 1 is 1.00 bits per heavy atom. The van der Waals surface area contributed by atoms with E-state index >= 15 is 0 Å². The largest absolute Gasteiger partial charge is 0.314 e. The smallest absolute Gasteiger partial charge is 0.00915 e. The molecule has 0 aromatic heterocycles. The highest BCUT2D eigenvalue weighted by Gasteiger charge is 2.24. The number of rotatable bonds is 6. The first kappa shape index (κ1) is 15.8. The molecule has 3 heteroatoms. The van der Waals surface area contributed by atoms with Crippen molar-refractivity contribution >= 4 is 12.4 Å². The number of halogens is 1. The number of hydrogen-bond acceptors (Lipinski definition) is 2. The van der Waals surface area contributed by atoms with Crippen molar-refractivity contribution in [3.8, 4) is 0 Å². The summed E-state index contributed by atoms with van der Waals surface area (Å²) in [5, 5.41) is 3.75. The molecule has 1 aliphatic heterocycles. The molecule has 1 saturated heterocycles. The zero-order valence-electron chi connectivity index (χ0n) is 12.3. The van der Waals surface area contributed by atoms with Gasteiger partial charge in [0, 0.05) is 12.6 Å². The predicted molar refractivity (Wildman–Crippen MR) is 87.6 cm³/mol. The molecule has 0 spiro atoms. The summed E-state index contributed by atoms with van der Waals surface area (Å²) in [6, 6.07) is 11.6. The van der Waals surface area contributed by atoms with E-state index in [-0.39, 0.29) is 12.4 Å². The summed E-state index contributed by atoms with van der Waals surface area (Å²) in [6.07, 6.45) is 6.79. The van der Waals surface area contributed by atoms with E-state index in [9.17, 15) is 0 Å². The van der Waals surface area contributed by atoms with Crippen molar-refractivity contribution in [1.29, 1.82) is 0 Å². The molecule has 20 heavy (non-hydrogen) atoms. The third-order valence-electron chi connectivity index (χ3n) is 4.54. The van der Waals surface area contributed by atoms with Crippen LogP contribution in [0.1, 0.15) is 31.2 Å². The molecule has 0 atom stereocenters. The van der Waals surface area contributed by atoms with E-state index < -0.39 is 0 Å². The molecule has 0 amide bonds. The van der Waals surface area contributed by atoms with Gasteiger partial charge in [0.2, 0.25) is 0 Å². The number of piperidine rings is 1. The molecule has 1 heterocycles. The van der Waals surface area contributed by atoms with Gasteiger partial charge in [-0.1, -0.05) is 30.3 Å². The SMILES string of the molecule is Cl.c1ccc(CCN2CCC(NCC3CC3)CC2)cc1. The van der Waals surface area contributed by atoms with Gasteiger partial charge in [0.05, 0.1) is 0 Å². The molecule has 0 bridgehead atoms. The van der Waals surface area contributed by atoms with E-state index in [1.807, 2.05) is 0 Å². The van der Waals surface area contributed by atoms with Gasteiger partial charge in [-0.2, -0.15) is 0 Å². The Hall–Kier alpha value is -0.570. The van der Waals surface area contributed by atoms with E-state index in [2.05, 4.69) is 40.5 Å². The number of likely N-dealkylation sites (tertiary alicyclic amines) is 1. The molecule has 1 aromatic rings. The van der Waals surface area contributed by atoms with Crippen molar-refractivity contribution in [3.05, 3.63) is 35.9 Å². The molecule has 1 aliphatic carbocycles. The molecule has 0 unspecified atom stereocenters. The monoisotopic (exact) mass is 294 g/mol. The van der Waals surface area contributed by atoms with Crippen LogP contribution in [0.15, 0.2) is 30.3 Å². The lowest BCUT2D eigenvalue weighted by Gasteiger charge is -2.32. The van der Waals surface area contributed by atoms with Crippen LogP contribution < -0.4 is 5.32 Å². The highest BCUT2D eigenvalue weighted by atomic mass is 35.5. The first-order valence-corrected chi connectivity index (χ1v) is 7.90. The molecule has 1 N–H and O–H groups in total. The Morgan fingerprint density at radius 2 is 1.70 bits per heavy atom. The lowest BCUT2D eigenvalue weighted by atomic mass is 10.0. The van der Waals surface area contributed by atoms with E-state index in [1.165, 1.54) is 63.8 Å². The Labute approximate surface area is 129 Å². The Kier molecular flexibility index (Phi) is 6.34. The number of nitrogens with zero attached hydrogens (tertiary/aromatic N) is 1. The quantitative estimate of drug-likeness (QED) is 0.867. The number of hydrogen-bond donors (Lipinski definition) is 1. The van der Waals surface area contributed by atoms with Crippen molar-refractivity contribution < 1.29 is 0 Å². The fraction of sp³-hybridized carbons (Fsp3) is 0.647. The van der Waals surface area contributed by atoms with Crippen LogP contribution in [0.3, 0.4) is 0 Å². The average Bonchev–Trinajstić information content (AvgIpc) is 3.29. The topological polar surface area (TPSA) is 15.3 Å². The summed E-state index contributed by atoms with van der Waals surface area (Å²) in [4.78, 5) is 2.63. The van der Waals surface area contributed by atoms with Crippen molar-refractivity contribution in [2.75, 3.05) is 26.2 Å². The average molecular weight is 295 g/mol. The molecule has 1 saturated carbocycles. The third-order valence-corrected chi connectivity index (χ3v) is 4.54. The maximum absolute atomic E-state index is 3.75. The van der Waals surface area contributed by atoms with Gasteiger partial charge in [0.1, 0.15) is 0 Å². The fourth-order valence-corrected chi connectivity index (χ4v) is 2.95. The minimum atomic E-state index is 0. The van der Waals surface area contributed by atoms with Gasteiger partial charge in [-0.05, 0) is 63.2 Å². The van der Waals surface area contributed by atoms with E-state index in [0.717, 1.165) is 12.0 Å². The van der Waals surface area contributed by atoms with E-state index in [0.29, 0.717) is 0 Å². The normalized spacial score (nSPS) is 20.6. The summed E-state index contributed by atoms with van der Waals surface area (Å²) in [5.74, 6) is 1.01. The Morgan fingerprint density at radius 3 is 2.35 bits per heavy atom. The minimum Gasteiger partial charge on any atom is -0.314 e. The molecule has 0 radical (unpaired) electrons. The highest BCUT2D eigenvalue weighted by molar-refractivity contribution is 5.85. The molecule has 2 aliphatic rings. The summed E-state index contributed by atoms with van der Waals surface area (Å²) in [7, 11) is 0. The standard InChI is InChI=1S/C17H26N2.ClH/c1-2-4-15(5-3-1)8-11-19-12-9-17(10-13-19)18-14-16-6-7-16;/h1-5,16-18H,6-14H2;1H. The van der Waals surface area contributed by atoms with Gasteiger partial charge in [-0.25, -0.2) is 0 Å². The summed E-state index contributed by atoms with van der Waals surface area (Å²) >= 11 is 0. The van der Waals surface area contributed by atoms with Gasteiger partial charge in [0.15, 0.2) is 0 Å². The molecule has 2 nitrogen and oxygen atoms in total. The second-order valence-electron chi connectivity index (χ2n) is 6.20. The van der Waals surface area contributed by atoms with Crippen molar-refractivity contribution in [2.45, 2.75) is 38.1 Å². The predicted octanol–water partition coefficient (Wildman–Crippen LogP) is 3.11. The van der Waals surface area contributed by atoms with Crippen molar-refractivity contribution in [1.82, 2.24) is 10.2 Å². The van der Waals surface area contributed by atoms with E-state index in [4.69, 9.17) is 0 Å². The molecule has 2 fully saturated rings. The van der Waals surface area contributed by atoms with Crippen molar-refractivity contribution in [3.63, 3.8) is 0 Å². The summed E-state index contributed by atoms with van der Waals surface area (Å²) in [5.41, 5.74) is 1.47. The van der Waals surface area contributed by atoms with Crippen LogP contribution >= 0.6 is 12.4 Å². The molecular formula is C17H27ClN2. The van der Waals surface area contributed by atoms with Crippen LogP contribution in [0.5, 0.6) is 0 Å². The fourth-order valence-electron chi connectivity index (χ4n) is 2.95. The molecule has 112 valence electrons. The van der Waals surface area contributed by atoms with Crippen LogP contribution in [-0.4, -0.2) is 37.1 Å². The first-order valence-electron chi connectivity index (χ1n) is 7.90. The van der Waals surface area contributed by atoms with Crippen molar-refractivity contribution in [2.24, 2.45) is 5.92 Å². The second kappa shape index (κ2) is 8.02. The zero-order valence-corrected chi connectivity index (χ0v) is 13.1. The van der Waals surface area contributed by atoms with Gasteiger partial charge in [-0.3, -0.25) is 0 Å². The van der Waals surface area contributed by atoms with Crippen LogP contribution in [-0.2, 0) is 6.42 Å². The molecule has 3 rings (SSSR count). The number of benzene rings is 1. The first-order chi connectivity index (χ1) is 9.40. The van der Waals surface area contributed by atoms with Gasteiger partial charge >= 0.3 is 0 Å². The van der Waals surface area contributed by atoms with Crippen LogP contribution in [0, 0.1) is 5.92 Å². The third kappa shape index (κ3) is 5.08.